The van der Waals surface area contributed by atoms with Crippen LogP contribution in [0.4, 0.5) is 5.82 Å². The fraction of sp³-hybridized carbons (Fsp3) is 0.417. The predicted molar refractivity (Wildman–Crippen MR) is 67.8 cm³/mol. The molecule has 0 spiro atoms. The number of hydrogen-bond acceptors (Lipinski definition) is 4. The number of H-pyrrole nitrogens is 1. The van der Waals surface area contributed by atoms with Crippen LogP contribution >= 0.6 is 0 Å². The lowest BCUT2D eigenvalue weighted by Gasteiger charge is -2.07. The van der Waals surface area contributed by atoms with E-state index in [4.69, 9.17) is 0 Å². The molecule has 0 aliphatic rings. The highest BCUT2D eigenvalue weighted by molar-refractivity contribution is 5.49. The molecule has 0 atom stereocenters. The topological polar surface area (TPSA) is 66.5 Å². The molecule has 0 aromatic carbocycles. The number of nitrogens with zero attached hydrogens (tertiary/aromatic N) is 3. The second kappa shape index (κ2) is 5.43. The normalized spacial score (nSPS) is 10.5. The monoisotopic (exact) mass is 231 g/mol. The lowest BCUT2D eigenvalue weighted by Crippen LogP contribution is -2.05. The van der Waals surface area contributed by atoms with E-state index in [1.165, 1.54) is 0 Å². The molecule has 2 N–H and O–H groups in total. The average molecular weight is 231 g/mol. The molecule has 0 bridgehead atoms. The largest absolute Gasteiger partial charge is 0.370 e. The zero-order valence-electron chi connectivity index (χ0n) is 10.2. The van der Waals surface area contributed by atoms with E-state index < -0.39 is 0 Å². The predicted octanol–water partition coefficient (Wildman–Crippen LogP) is 2.25. The Hall–Kier alpha value is -1.91. The molecular weight excluding hydrogens is 214 g/mol. The Kier molecular flexibility index (Phi) is 3.69. The van der Waals surface area contributed by atoms with Gasteiger partial charge >= 0.3 is 0 Å². The van der Waals surface area contributed by atoms with Crippen molar-refractivity contribution in [3.8, 4) is 11.6 Å². The van der Waals surface area contributed by atoms with Crippen molar-refractivity contribution in [2.24, 2.45) is 0 Å². The van der Waals surface area contributed by atoms with E-state index in [9.17, 15) is 0 Å². The third kappa shape index (κ3) is 2.81. The van der Waals surface area contributed by atoms with Crippen molar-refractivity contribution in [2.75, 3.05) is 11.9 Å². The van der Waals surface area contributed by atoms with E-state index in [1.54, 1.807) is 12.4 Å². The van der Waals surface area contributed by atoms with E-state index in [0.29, 0.717) is 11.6 Å². The Morgan fingerprint density at radius 3 is 2.82 bits per heavy atom. The molecular formula is C12H17N5. The molecule has 0 radical (unpaired) electrons. The van der Waals surface area contributed by atoms with Crippen LogP contribution in [0.1, 0.15) is 26.0 Å². The maximum absolute atomic E-state index is 4.46. The zero-order valence-corrected chi connectivity index (χ0v) is 10.2. The Bertz CT molecular complexity index is 464. The quantitative estimate of drug-likeness (QED) is 0.828. The minimum Gasteiger partial charge on any atom is -0.370 e. The fourth-order valence-corrected chi connectivity index (χ4v) is 1.52. The Morgan fingerprint density at radius 1 is 1.29 bits per heavy atom. The number of aromatic amines is 1. The van der Waals surface area contributed by atoms with Crippen LogP contribution in [0.3, 0.4) is 0 Å². The first-order chi connectivity index (χ1) is 8.33. The van der Waals surface area contributed by atoms with Gasteiger partial charge in [0.1, 0.15) is 5.82 Å². The van der Waals surface area contributed by atoms with E-state index in [-0.39, 0.29) is 0 Å². The second-order valence-electron chi connectivity index (χ2n) is 3.79. The molecule has 2 aromatic rings. The van der Waals surface area contributed by atoms with Gasteiger partial charge < -0.3 is 10.3 Å². The van der Waals surface area contributed by atoms with Gasteiger partial charge in [0, 0.05) is 30.7 Å². The Morgan fingerprint density at radius 2 is 2.18 bits per heavy atom. The zero-order chi connectivity index (χ0) is 12.1. The van der Waals surface area contributed by atoms with E-state index in [2.05, 4.69) is 39.1 Å². The minimum absolute atomic E-state index is 0.646. The van der Waals surface area contributed by atoms with E-state index >= 15 is 0 Å². The van der Waals surface area contributed by atoms with Gasteiger partial charge in [0.2, 0.25) is 0 Å². The molecule has 5 heteroatoms. The van der Waals surface area contributed by atoms with Gasteiger partial charge in [-0.25, -0.2) is 15.0 Å². The van der Waals surface area contributed by atoms with E-state index in [1.807, 2.05) is 6.07 Å². The molecule has 0 amide bonds. The smallest absolute Gasteiger partial charge is 0.197 e. The van der Waals surface area contributed by atoms with Gasteiger partial charge in [-0.15, -0.1) is 0 Å². The van der Waals surface area contributed by atoms with Crippen LogP contribution in [-0.2, 0) is 6.42 Å². The maximum atomic E-state index is 4.46. The molecule has 0 saturated heterocycles. The Balaban J connectivity index is 2.32. The van der Waals surface area contributed by atoms with Crippen LogP contribution in [0.15, 0.2) is 18.5 Å². The van der Waals surface area contributed by atoms with Gasteiger partial charge in [-0.2, -0.15) is 0 Å². The summed E-state index contributed by atoms with van der Waals surface area (Å²) in [6, 6.07) is 1.99. The van der Waals surface area contributed by atoms with Crippen LogP contribution < -0.4 is 5.32 Å². The van der Waals surface area contributed by atoms with Gasteiger partial charge in [0.15, 0.2) is 11.6 Å². The number of aryl methyl sites for hydroxylation is 1. The lowest BCUT2D eigenvalue weighted by atomic mass is 10.3. The fourth-order valence-electron chi connectivity index (χ4n) is 1.52. The summed E-state index contributed by atoms with van der Waals surface area (Å²) < 4.78 is 0. The molecule has 0 aliphatic heterocycles. The molecule has 2 aromatic heterocycles. The number of rotatable bonds is 5. The molecule has 17 heavy (non-hydrogen) atoms. The van der Waals surface area contributed by atoms with Crippen LogP contribution in [0.5, 0.6) is 0 Å². The van der Waals surface area contributed by atoms with Crippen LogP contribution in [-0.4, -0.2) is 26.5 Å². The Labute approximate surface area is 101 Å². The first-order valence-electron chi connectivity index (χ1n) is 5.95. The standard InChI is InChI=1S/C12H17N5/c1-3-5-13-10-8-9(4-2)16-12(17-10)11-14-6-7-15-11/h6-8H,3-5H2,1-2H3,(H,14,15)(H,13,16,17). The highest BCUT2D eigenvalue weighted by atomic mass is 15.1. The first-order valence-corrected chi connectivity index (χ1v) is 5.95. The summed E-state index contributed by atoms with van der Waals surface area (Å²) in [5.41, 5.74) is 1.02. The summed E-state index contributed by atoms with van der Waals surface area (Å²) >= 11 is 0. The summed E-state index contributed by atoms with van der Waals surface area (Å²) in [6.07, 6.45) is 5.44. The molecule has 90 valence electrons. The van der Waals surface area contributed by atoms with Crippen molar-refractivity contribution in [1.82, 2.24) is 19.9 Å². The number of anilines is 1. The van der Waals surface area contributed by atoms with Crippen molar-refractivity contribution in [1.29, 1.82) is 0 Å². The summed E-state index contributed by atoms with van der Waals surface area (Å²) in [5.74, 6) is 2.22. The third-order valence-electron chi connectivity index (χ3n) is 2.41. The van der Waals surface area contributed by atoms with Crippen molar-refractivity contribution in [2.45, 2.75) is 26.7 Å². The summed E-state index contributed by atoms with van der Waals surface area (Å²) in [6.45, 7) is 5.12. The van der Waals surface area contributed by atoms with Gasteiger partial charge in [0.05, 0.1) is 0 Å². The summed E-state index contributed by atoms with van der Waals surface area (Å²) in [7, 11) is 0. The summed E-state index contributed by atoms with van der Waals surface area (Å²) in [4.78, 5) is 16.1. The average Bonchev–Trinajstić information content (AvgIpc) is 2.89. The molecule has 0 saturated carbocycles. The molecule has 2 heterocycles. The van der Waals surface area contributed by atoms with Gasteiger partial charge in [-0.1, -0.05) is 13.8 Å². The SMILES string of the molecule is CCCNc1cc(CC)nc(-c2ncc[nH]2)n1. The number of imidazole rings is 1. The lowest BCUT2D eigenvalue weighted by molar-refractivity contribution is 0.947. The summed E-state index contributed by atoms with van der Waals surface area (Å²) in [5, 5.41) is 3.28. The van der Waals surface area contributed by atoms with Crippen LogP contribution in [0, 0.1) is 0 Å². The second-order valence-corrected chi connectivity index (χ2v) is 3.79. The van der Waals surface area contributed by atoms with Gasteiger partial charge in [0.25, 0.3) is 0 Å². The van der Waals surface area contributed by atoms with Crippen molar-refractivity contribution in [3.05, 3.63) is 24.2 Å². The van der Waals surface area contributed by atoms with Gasteiger partial charge in [-0.05, 0) is 12.8 Å². The highest BCUT2D eigenvalue weighted by Gasteiger charge is 2.07. The minimum atomic E-state index is 0.646. The number of aromatic nitrogens is 4. The molecule has 0 unspecified atom stereocenters. The number of hydrogen-bond donors (Lipinski definition) is 2. The molecule has 0 fully saturated rings. The van der Waals surface area contributed by atoms with Crippen molar-refractivity contribution >= 4 is 5.82 Å². The highest BCUT2D eigenvalue weighted by Crippen LogP contribution is 2.14. The third-order valence-corrected chi connectivity index (χ3v) is 2.41. The number of nitrogens with one attached hydrogen (secondary N) is 2. The van der Waals surface area contributed by atoms with Crippen LogP contribution in [0.25, 0.3) is 11.6 Å². The van der Waals surface area contributed by atoms with Crippen molar-refractivity contribution in [3.63, 3.8) is 0 Å². The van der Waals surface area contributed by atoms with E-state index in [0.717, 1.165) is 30.9 Å². The first kappa shape index (κ1) is 11.6. The van der Waals surface area contributed by atoms with Crippen molar-refractivity contribution < 1.29 is 0 Å². The van der Waals surface area contributed by atoms with Gasteiger partial charge in [-0.3, -0.25) is 0 Å². The molecule has 0 aliphatic carbocycles. The molecule has 2 rings (SSSR count). The molecule has 5 nitrogen and oxygen atoms in total. The van der Waals surface area contributed by atoms with Crippen LogP contribution in [0.2, 0.25) is 0 Å². The maximum Gasteiger partial charge on any atom is 0.197 e.